The lowest BCUT2D eigenvalue weighted by molar-refractivity contribution is 0.0720. The quantitative estimate of drug-likeness (QED) is 0.171. The molecule has 0 atom stereocenters. The molecule has 5 aromatic rings. The number of aromatic hydroxyl groups is 2. The highest BCUT2D eigenvalue weighted by atomic mass is 16.5. The van der Waals surface area contributed by atoms with Gasteiger partial charge in [-0.3, -0.25) is 0 Å². The van der Waals surface area contributed by atoms with Gasteiger partial charge in [0, 0.05) is 0 Å². The van der Waals surface area contributed by atoms with Gasteiger partial charge < -0.3 is 19.7 Å². The van der Waals surface area contributed by atoms with E-state index in [-0.39, 0.29) is 11.5 Å². The highest BCUT2D eigenvalue weighted by Crippen LogP contribution is 2.20. The molecular formula is C34H26O6. The summed E-state index contributed by atoms with van der Waals surface area (Å²) in [7, 11) is 0. The van der Waals surface area contributed by atoms with Crippen LogP contribution in [0.1, 0.15) is 43.0 Å². The van der Waals surface area contributed by atoms with Gasteiger partial charge >= 0.3 is 11.9 Å². The fraction of sp³-hybridized carbons (Fsp3) is 0.0588. The smallest absolute Gasteiger partial charge is 0.343 e. The Morgan fingerprint density at radius 1 is 0.425 bits per heavy atom. The number of phenols is 2. The van der Waals surface area contributed by atoms with Crippen LogP contribution < -0.4 is 9.47 Å². The fourth-order valence-corrected chi connectivity index (χ4v) is 4.12. The Morgan fingerprint density at radius 2 is 0.700 bits per heavy atom. The van der Waals surface area contributed by atoms with Crippen LogP contribution in [0, 0.1) is 0 Å². The summed E-state index contributed by atoms with van der Waals surface area (Å²) in [4.78, 5) is 25.2. The molecule has 0 aliphatic heterocycles. The van der Waals surface area contributed by atoms with Crippen molar-refractivity contribution in [3.63, 3.8) is 0 Å². The van der Waals surface area contributed by atoms with E-state index in [1.165, 1.54) is 24.3 Å². The molecule has 2 N–H and O–H groups in total. The van der Waals surface area contributed by atoms with Gasteiger partial charge in [0.2, 0.25) is 0 Å². The van der Waals surface area contributed by atoms with Crippen LogP contribution in [-0.4, -0.2) is 22.2 Å². The molecule has 0 amide bonds. The van der Waals surface area contributed by atoms with Gasteiger partial charge in [-0.2, -0.15) is 0 Å². The molecule has 5 aromatic carbocycles. The summed E-state index contributed by atoms with van der Waals surface area (Å²) in [5, 5.41) is 18.8. The summed E-state index contributed by atoms with van der Waals surface area (Å²) in [5.74, 6) is 0.216. The van der Waals surface area contributed by atoms with E-state index in [4.69, 9.17) is 9.47 Å². The molecule has 6 heteroatoms. The van der Waals surface area contributed by atoms with E-state index in [1.54, 1.807) is 48.5 Å². The minimum atomic E-state index is -0.532. The summed E-state index contributed by atoms with van der Waals surface area (Å²) in [5.41, 5.74) is 4.82. The summed E-state index contributed by atoms with van der Waals surface area (Å²) in [6.07, 6.45) is 1.38. The first kappa shape index (κ1) is 26.3. The van der Waals surface area contributed by atoms with Crippen LogP contribution in [0.25, 0.3) is 0 Å². The maximum absolute atomic E-state index is 12.6. The number of carbonyl (C=O) groups is 2. The number of hydrogen-bond acceptors (Lipinski definition) is 6. The van der Waals surface area contributed by atoms with Crippen LogP contribution in [0.5, 0.6) is 23.0 Å². The molecule has 198 valence electrons. The van der Waals surface area contributed by atoms with E-state index in [0.717, 1.165) is 22.3 Å². The molecule has 0 aliphatic rings. The zero-order valence-corrected chi connectivity index (χ0v) is 21.5. The van der Waals surface area contributed by atoms with Gasteiger partial charge in [0.15, 0.2) is 0 Å². The molecule has 6 nitrogen and oxygen atoms in total. The lowest BCUT2D eigenvalue weighted by Gasteiger charge is -2.08. The van der Waals surface area contributed by atoms with Crippen molar-refractivity contribution in [1.29, 1.82) is 0 Å². The topological polar surface area (TPSA) is 93.1 Å². The van der Waals surface area contributed by atoms with Gasteiger partial charge in [0.05, 0.1) is 11.1 Å². The molecule has 0 spiro atoms. The van der Waals surface area contributed by atoms with Crippen molar-refractivity contribution < 1.29 is 29.3 Å². The summed E-state index contributed by atoms with van der Waals surface area (Å²) in [6.45, 7) is 0. The SMILES string of the molecule is O=C(Oc1ccc(Cc2ccc(O)cc2)cc1)c1ccc(C(=O)Oc2ccc(Cc3ccc(O)cc3)cc2)cc1. The van der Waals surface area contributed by atoms with Crippen molar-refractivity contribution in [1.82, 2.24) is 0 Å². The molecular weight excluding hydrogens is 504 g/mol. The highest BCUT2D eigenvalue weighted by molar-refractivity contribution is 5.94. The maximum Gasteiger partial charge on any atom is 0.343 e. The molecule has 0 unspecified atom stereocenters. The second-order valence-electron chi connectivity index (χ2n) is 9.33. The van der Waals surface area contributed by atoms with Gasteiger partial charge in [0.25, 0.3) is 0 Å². The van der Waals surface area contributed by atoms with E-state index in [0.29, 0.717) is 35.5 Å². The van der Waals surface area contributed by atoms with Crippen molar-refractivity contribution in [2.75, 3.05) is 0 Å². The summed E-state index contributed by atoms with van der Waals surface area (Å²) < 4.78 is 11.0. The minimum Gasteiger partial charge on any atom is -0.508 e. The number of hydrogen-bond donors (Lipinski definition) is 2. The van der Waals surface area contributed by atoms with E-state index in [2.05, 4.69) is 0 Å². The first-order valence-corrected chi connectivity index (χ1v) is 12.7. The van der Waals surface area contributed by atoms with Crippen LogP contribution in [0.4, 0.5) is 0 Å². The highest BCUT2D eigenvalue weighted by Gasteiger charge is 2.13. The zero-order chi connectivity index (χ0) is 27.9. The maximum atomic E-state index is 12.6. The largest absolute Gasteiger partial charge is 0.508 e. The first-order chi connectivity index (χ1) is 19.4. The van der Waals surface area contributed by atoms with E-state index >= 15 is 0 Å². The molecule has 5 rings (SSSR count). The number of rotatable bonds is 8. The van der Waals surface area contributed by atoms with Crippen molar-refractivity contribution >= 4 is 11.9 Å². The third-order valence-corrected chi connectivity index (χ3v) is 6.31. The first-order valence-electron chi connectivity index (χ1n) is 12.7. The lowest BCUT2D eigenvalue weighted by atomic mass is 10.0. The van der Waals surface area contributed by atoms with E-state index in [9.17, 15) is 19.8 Å². The lowest BCUT2D eigenvalue weighted by Crippen LogP contribution is -2.11. The van der Waals surface area contributed by atoms with Gasteiger partial charge in [0.1, 0.15) is 23.0 Å². The van der Waals surface area contributed by atoms with Gasteiger partial charge in [-0.25, -0.2) is 9.59 Å². The molecule has 0 aliphatic carbocycles. The van der Waals surface area contributed by atoms with Gasteiger partial charge in [-0.15, -0.1) is 0 Å². The molecule has 0 saturated heterocycles. The summed E-state index contributed by atoms with van der Waals surface area (Å²) in [6, 6.07) is 34.6. The Morgan fingerprint density at radius 3 is 1.00 bits per heavy atom. The number of ether oxygens (including phenoxy) is 2. The third-order valence-electron chi connectivity index (χ3n) is 6.31. The molecule has 0 bridgehead atoms. The normalized spacial score (nSPS) is 10.6. The van der Waals surface area contributed by atoms with Crippen LogP contribution in [0.2, 0.25) is 0 Å². The second kappa shape index (κ2) is 12.0. The van der Waals surface area contributed by atoms with Gasteiger partial charge in [-0.05, 0) is 108 Å². The zero-order valence-electron chi connectivity index (χ0n) is 21.5. The monoisotopic (exact) mass is 530 g/mol. The fourth-order valence-electron chi connectivity index (χ4n) is 4.12. The average Bonchev–Trinajstić information content (AvgIpc) is 2.97. The third kappa shape index (κ3) is 6.94. The van der Waals surface area contributed by atoms with Crippen LogP contribution in [0.3, 0.4) is 0 Å². The van der Waals surface area contributed by atoms with Crippen molar-refractivity contribution in [3.8, 4) is 23.0 Å². The van der Waals surface area contributed by atoms with Crippen LogP contribution >= 0.6 is 0 Å². The average molecular weight is 531 g/mol. The minimum absolute atomic E-state index is 0.226. The molecule has 40 heavy (non-hydrogen) atoms. The number of benzene rings is 5. The molecule has 0 radical (unpaired) electrons. The predicted octanol–water partition coefficient (Wildman–Crippen LogP) is 6.72. The molecule has 0 heterocycles. The predicted molar refractivity (Wildman–Crippen MR) is 151 cm³/mol. The van der Waals surface area contributed by atoms with Crippen LogP contribution in [-0.2, 0) is 12.8 Å². The van der Waals surface area contributed by atoms with E-state index in [1.807, 2.05) is 48.5 Å². The van der Waals surface area contributed by atoms with Gasteiger partial charge in [-0.1, -0.05) is 48.5 Å². The van der Waals surface area contributed by atoms with Crippen LogP contribution in [0.15, 0.2) is 121 Å². The number of phenolic OH excluding ortho intramolecular Hbond substituents is 2. The Kier molecular flexibility index (Phi) is 7.88. The Labute approximate surface area is 231 Å². The van der Waals surface area contributed by atoms with E-state index < -0.39 is 11.9 Å². The standard InChI is InChI=1S/C34H26O6/c35-29-13-1-23(2-14-29)21-25-5-17-31(18-6-25)39-33(37)27-9-11-28(12-10-27)34(38)40-32-19-7-26(8-20-32)22-24-3-15-30(36)16-4-24/h1-20,35-36H,21-22H2. The Bertz CT molecular complexity index is 1460. The van der Waals surface area contributed by atoms with Crippen molar-refractivity contribution in [2.45, 2.75) is 12.8 Å². The molecule has 0 fully saturated rings. The second-order valence-corrected chi connectivity index (χ2v) is 9.33. The Hall–Kier alpha value is -5.36. The summed E-state index contributed by atoms with van der Waals surface area (Å²) >= 11 is 0. The Balaban J connectivity index is 1.13. The number of esters is 2. The molecule has 0 aromatic heterocycles. The molecule has 0 saturated carbocycles. The van der Waals surface area contributed by atoms with Crippen molar-refractivity contribution in [3.05, 3.63) is 155 Å². The van der Waals surface area contributed by atoms with Crippen molar-refractivity contribution in [2.24, 2.45) is 0 Å². The number of carbonyl (C=O) groups excluding carboxylic acids is 2.